The number of halogens is 1. The lowest BCUT2D eigenvalue weighted by Gasteiger charge is -2.38. The third-order valence-electron chi connectivity index (χ3n) is 6.98. The largest absolute Gasteiger partial charge is 0.381 e. The van der Waals surface area contributed by atoms with Crippen molar-refractivity contribution < 1.29 is 18.8 Å². The van der Waals surface area contributed by atoms with Crippen molar-refractivity contribution in [3.05, 3.63) is 64.8 Å². The maximum absolute atomic E-state index is 14.1. The van der Waals surface area contributed by atoms with Gasteiger partial charge in [-0.15, -0.1) is 0 Å². The number of rotatable bonds is 6. The number of amidine groups is 1. The molecule has 10 heteroatoms. The number of aliphatic imine (C=N–C) groups is 1. The van der Waals surface area contributed by atoms with Gasteiger partial charge < -0.3 is 19.3 Å². The topological polar surface area (TPSA) is 102 Å². The number of benzene rings is 1. The van der Waals surface area contributed by atoms with E-state index in [0.717, 1.165) is 31.3 Å². The molecule has 2 fully saturated rings. The third kappa shape index (κ3) is 5.60. The van der Waals surface area contributed by atoms with Crippen LogP contribution in [0.5, 0.6) is 0 Å². The van der Waals surface area contributed by atoms with Gasteiger partial charge >= 0.3 is 0 Å². The molecular formula is C28H32ClN5O4. The first-order valence-electron chi connectivity index (χ1n) is 13.0. The zero-order valence-corrected chi connectivity index (χ0v) is 22.5. The molecule has 5 rings (SSSR count). The maximum Gasteiger partial charge on any atom is 0.260 e. The molecule has 4 heterocycles. The van der Waals surface area contributed by atoms with Gasteiger partial charge in [0, 0.05) is 72.7 Å². The van der Waals surface area contributed by atoms with Crippen molar-refractivity contribution in [3.8, 4) is 11.4 Å². The van der Waals surface area contributed by atoms with Crippen LogP contribution in [0.1, 0.15) is 44.1 Å². The number of nitrogens with zero attached hydrogens (tertiary/aromatic N) is 4. The van der Waals surface area contributed by atoms with Crippen molar-refractivity contribution in [1.29, 1.82) is 0 Å². The number of aryl methyl sites for hydroxylation is 1. The molecule has 2 saturated heterocycles. The summed E-state index contributed by atoms with van der Waals surface area (Å²) in [4.78, 5) is 25.1. The van der Waals surface area contributed by atoms with Crippen LogP contribution in [0.3, 0.4) is 0 Å². The molecule has 0 spiro atoms. The van der Waals surface area contributed by atoms with E-state index in [0.29, 0.717) is 71.5 Å². The zero-order valence-electron chi connectivity index (χ0n) is 21.7. The number of carbonyl (C=O) groups is 1. The summed E-state index contributed by atoms with van der Waals surface area (Å²) >= 11 is 6.74. The van der Waals surface area contributed by atoms with Gasteiger partial charge in [0.2, 0.25) is 11.7 Å². The SMILES string of the molecule is C=C(/N=C1\C(=C/C)C=C(c2ccc(-c3noc(C)n3)cc2Cl)C(=O)N1C1CCOCC1)NC1CCOCC1. The van der Waals surface area contributed by atoms with Crippen molar-refractivity contribution in [2.75, 3.05) is 26.4 Å². The number of carbonyl (C=O) groups excluding carboxylic acids is 1. The second-order valence-electron chi connectivity index (χ2n) is 9.57. The first kappa shape index (κ1) is 26.3. The van der Waals surface area contributed by atoms with Crippen LogP contribution in [0, 0.1) is 6.92 Å². The van der Waals surface area contributed by atoms with E-state index in [1.165, 1.54) is 0 Å². The van der Waals surface area contributed by atoms with Gasteiger partial charge in [-0.2, -0.15) is 4.98 Å². The highest BCUT2D eigenvalue weighted by Gasteiger charge is 2.37. The molecule has 0 saturated carbocycles. The molecular weight excluding hydrogens is 506 g/mol. The van der Waals surface area contributed by atoms with E-state index >= 15 is 0 Å². The van der Waals surface area contributed by atoms with E-state index in [4.69, 9.17) is 30.6 Å². The molecule has 3 aliphatic rings. The summed E-state index contributed by atoms with van der Waals surface area (Å²) in [5.74, 6) is 1.89. The standard InChI is InChI=1S/C28H32ClN5O4/c1-4-19-15-24(23-6-5-20(16-25(23)29)26-32-18(3)38-33-26)28(35)34(22-9-13-37-14-10-22)27(19)31-17(2)30-21-7-11-36-12-8-21/h4-6,15-16,21-22,30H,2,7-14H2,1,3H3/b19-4-,31-27+. The van der Waals surface area contributed by atoms with Crippen LogP contribution in [0.25, 0.3) is 17.0 Å². The number of nitrogens with one attached hydrogen (secondary N) is 1. The summed E-state index contributed by atoms with van der Waals surface area (Å²) in [6.45, 7) is 10.4. The molecule has 1 amide bonds. The Kier molecular flexibility index (Phi) is 8.06. The fraction of sp³-hybridized carbons (Fsp3) is 0.429. The van der Waals surface area contributed by atoms with Gasteiger partial charge in [-0.1, -0.05) is 41.5 Å². The lowest BCUT2D eigenvalue weighted by molar-refractivity contribution is -0.124. The van der Waals surface area contributed by atoms with Crippen LogP contribution in [0.4, 0.5) is 0 Å². The summed E-state index contributed by atoms with van der Waals surface area (Å²) in [5, 5.41) is 7.81. The Balaban J connectivity index is 1.51. The monoisotopic (exact) mass is 537 g/mol. The Hall–Kier alpha value is -3.27. The first-order chi connectivity index (χ1) is 18.4. The van der Waals surface area contributed by atoms with E-state index in [2.05, 4.69) is 22.0 Å². The van der Waals surface area contributed by atoms with Gasteiger partial charge in [0.1, 0.15) is 11.7 Å². The van der Waals surface area contributed by atoms with E-state index in [1.54, 1.807) is 17.9 Å². The Labute approximate surface area is 227 Å². The Morgan fingerprint density at radius 3 is 2.53 bits per heavy atom. The van der Waals surface area contributed by atoms with Crippen molar-refractivity contribution in [3.63, 3.8) is 0 Å². The fourth-order valence-corrected chi connectivity index (χ4v) is 5.26. The Morgan fingerprint density at radius 2 is 1.89 bits per heavy atom. The van der Waals surface area contributed by atoms with Crippen molar-refractivity contribution in [2.45, 2.75) is 51.6 Å². The van der Waals surface area contributed by atoms with Crippen LogP contribution in [-0.2, 0) is 14.3 Å². The molecule has 1 aromatic heterocycles. The van der Waals surface area contributed by atoms with E-state index < -0.39 is 0 Å². The minimum absolute atomic E-state index is 0.0510. The molecule has 3 aliphatic heterocycles. The van der Waals surface area contributed by atoms with Crippen LogP contribution in [0.2, 0.25) is 5.02 Å². The van der Waals surface area contributed by atoms with Crippen LogP contribution in [0.15, 0.2) is 57.8 Å². The van der Waals surface area contributed by atoms with Gasteiger partial charge in [0.25, 0.3) is 5.91 Å². The average molecular weight is 538 g/mol. The highest BCUT2D eigenvalue weighted by Crippen LogP contribution is 2.35. The number of allylic oxidation sites excluding steroid dienone is 1. The predicted octanol–water partition coefficient (Wildman–Crippen LogP) is 4.69. The number of amides is 1. The zero-order chi connectivity index (χ0) is 26.6. The summed E-state index contributed by atoms with van der Waals surface area (Å²) in [7, 11) is 0. The molecule has 0 bridgehead atoms. The minimum atomic E-state index is -0.148. The summed E-state index contributed by atoms with van der Waals surface area (Å²) in [6, 6.07) is 5.63. The first-order valence-corrected chi connectivity index (χ1v) is 13.3. The Bertz CT molecular complexity index is 1300. The molecule has 9 nitrogen and oxygen atoms in total. The number of hydrogen-bond donors (Lipinski definition) is 1. The average Bonchev–Trinajstić information content (AvgIpc) is 3.36. The summed E-state index contributed by atoms with van der Waals surface area (Å²) < 4.78 is 16.2. The van der Waals surface area contributed by atoms with Crippen LogP contribution in [-0.4, -0.2) is 65.3 Å². The Morgan fingerprint density at radius 1 is 1.18 bits per heavy atom. The van der Waals surface area contributed by atoms with Gasteiger partial charge in [0.05, 0.1) is 0 Å². The summed E-state index contributed by atoms with van der Waals surface area (Å²) in [5.41, 5.74) is 2.68. The molecule has 200 valence electrons. The smallest absolute Gasteiger partial charge is 0.260 e. The van der Waals surface area contributed by atoms with Gasteiger partial charge in [-0.3, -0.25) is 9.69 Å². The highest BCUT2D eigenvalue weighted by molar-refractivity contribution is 6.37. The van der Waals surface area contributed by atoms with Crippen molar-refractivity contribution >= 4 is 28.9 Å². The number of hydrogen-bond acceptors (Lipinski definition) is 8. The van der Waals surface area contributed by atoms with Crippen LogP contribution >= 0.6 is 11.6 Å². The van der Waals surface area contributed by atoms with E-state index in [-0.39, 0.29) is 18.0 Å². The van der Waals surface area contributed by atoms with Gasteiger partial charge in [-0.05, 0) is 44.7 Å². The molecule has 2 aromatic rings. The number of aromatic nitrogens is 2. The van der Waals surface area contributed by atoms with Gasteiger partial charge in [-0.25, -0.2) is 4.99 Å². The van der Waals surface area contributed by atoms with Crippen molar-refractivity contribution in [1.82, 2.24) is 20.4 Å². The molecule has 38 heavy (non-hydrogen) atoms. The predicted molar refractivity (Wildman–Crippen MR) is 145 cm³/mol. The minimum Gasteiger partial charge on any atom is -0.381 e. The highest BCUT2D eigenvalue weighted by atomic mass is 35.5. The molecule has 0 atom stereocenters. The lowest BCUT2D eigenvalue weighted by Crippen LogP contribution is -2.50. The second kappa shape index (κ2) is 11.6. The molecule has 0 radical (unpaired) electrons. The normalized spacial score (nSPS) is 21.7. The lowest BCUT2D eigenvalue weighted by atomic mass is 9.93. The van der Waals surface area contributed by atoms with Gasteiger partial charge in [0.15, 0.2) is 0 Å². The molecule has 1 N–H and O–H groups in total. The summed E-state index contributed by atoms with van der Waals surface area (Å²) in [6.07, 6.45) is 7.05. The van der Waals surface area contributed by atoms with Crippen molar-refractivity contribution in [2.24, 2.45) is 4.99 Å². The molecule has 1 aromatic carbocycles. The quantitative estimate of drug-likeness (QED) is 0.570. The second-order valence-corrected chi connectivity index (χ2v) is 9.97. The third-order valence-corrected chi connectivity index (χ3v) is 7.29. The molecule has 0 unspecified atom stereocenters. The fourth-order valence-electron chi connectivity index (χ4n) is 4.98. The number of ether oxygens (including phenoxy) is 2. The van der Waals surface area contributed by atoms with Crippen LogP contribution < -0.4 is 5.32 Å². The van der Waals surface area contributed by atoms with E-state index in [9.17, 15) is 4.79 Å². The molecule has 0 aliphatic carbocycles. The maximum atomic E-state index is 14.1. The van der Waals surface area contributed by atoms with E-state index in [1.807, 2.05) is 31.2 Å².